The summed E-state index contributed by atoms with van der Waals surface area (Å²) in [6.45, 7) is 3.38. The van der Waals surface area contributed by atoms with E-state index in [0.717, 1.165) is 0 Å². The number of aliphatic carboxylic acids is 1. The fraction of sp³-hybridized carbons (Fsp3) is 0.714. The van der Waals surface area contributed by atoms with E-state index in [1.807, 2.05) is 0 Å². The number of carbonyl (C=O) groups excluding carboxylic acids is 1. The highest BCUT2D eigenvalue weighted by atomic mass is 16.4. The van der Waals surface area contributed by atoms with Gasteiger partial charge in [0.15, 0.2) is 0 Å². The Bertz CT molecular complexity index is 140. The summed E-state index contributed by atoms with van der Waals surface area (Å²) in [4.78, 5) is 21.1. The smallest absolute Gasteiger partial charge is 0.314 e. The molecule has 0 spiro atoms. The summed E-state index contributed by atoms with van der Waals surface area (Å²) in [6.07, 6.45) is 0.701. The van der Waals surface area contributed by atoms with E-state index in [-0.39, 0.29) is 5.78 Å². The van der Waals surface area contributed by atoms with Crippen molar-refractivity contribution >= 4 is 11.8 Å². The number of ketones is 1. The molecule has 0 amide bonds. The van der Waals surface area contributed by atoms with Gasteiger partial charge in [0, 0.05) is 6.42 Å². The number of carboxylic acid groups (broad SMARTS) is 1. The quantitative estimate of drug-likeness (QED) is 0.600. The lowest BCUT2D eigenvalue weighted by molar-refractivity contribution is -0.146. The molecular weight excluding hydrogens is 132 g/mol. The Morgan fingerprint density at radius 1 is 1.40 bits per heavy atom. The van der Waals surface area contributed by atoms with Crippen LogP contribution in [0.25, 0.3) is 0 Å². The molecule has 0 bridgehead atoms. The highest BCUT2D eigenvalue weighted by molar-refractivity contribution is 5.97. The third-order valence-corrected chi connectivity index (χ3v) is 1.44. The molecular formula is C7H12O3. The zero-order valence-corrected chi connectivity index (χ0v) is 6.26. The molecule has 1 N–H and O–H groups in total. The van der Waals surface area contributed by atoms with Gasteiger partial charge in [0.25, 0.3) is 0 Å². The molecule has 0 aliphatic rings. The number of carboxylic acids is 1. The predicted molar refractivity (Wildman–Crippen MR) is 36.7 cm³/mol. The lowest BCUT2D eigenvalue weighted by Crippen LogP contribution is -2.21. The summed E-state index contributed by atoms with van der Waals surface area (Å²) in [6, 6.07) is 0. The molecule has 0 rings (SSSR count). The standard InChI is InChI=1S/C7H12O3/c1-3-5(7(9)10)6(8)4-2/h5H,3-4H2,1-2H3,(H,9,10). The molecule has 0 heterocycles. The highest BCUT2D eigenvalue weighted by Gasteiger charge is 2.21. The van der Waals surface area contributed by atoms with Crippen LogP contribution in [0.1, 0.15) is 26.7 Å². The normalized spacial score (nSPS) is 12.6. The van der Waals surface area contributed by atoms with Crippen molar-refractivity contribution in [3.8, 4) is 0 Å². The van der Waals surface area contributed by atoms with Gasteiger partial charge in [-0.15, -0.1) is 0 Å². The van der Waals surface area contributed by atoms with Crippen LogP contribution in [0.4, 0.5) is 0 Å². The van der Waals surface area contributed by atoms with Crippen LogP contribution in [-0.2, 0) is 9.59 Å². The van der Waals surface area contributed by atoms with Crippen LogP contribution in [0.15, 0.2) is 0 Å². The Kier molecular flexibility index (Phi) is 3.69. The molecule has 10 heavy (non-hydrogen) atoms. The summed E-state index contributed by atoms with van der Waals surface area (Å²) >= 11 is 0. The first kappa shape index (κ1) is 9.14. The summed E-state index contributed by atoms with van der Waals surface area (Å²) in [5.41, 5.74) is 0. The molecule has 0 aromatic rings. The minimum Gasteiger partial charge on any atom is -0.481 e. The van der Waals surface area contributed by atoms with Crippen LogP contribution in [-0.4, -0.2) is 16.9 Å². The van der Waals surface area contributed by atoms with Crippen LogP contribution in [0.3, 0.4) is 0 Å². The molecule has 1 atom stereocenters. The zero-order chi connectivity index (χ0) is 8.15. The lowest BCUT2D eigenvalue weighted by atomic mass is 10.00. The maximum Gasteiger partial charge on any atom is 0.314 e. The summed E-state index contributed by atoms with van der Waals surface area (Å²) in [5.74, 6) is -1.98. The molecule has 58 valence electrons. The van der Waals surface area contributed by atoms with E-state index in [2.05, 4.69) is 0 Å². The summed E-state index contributed by atoms with van der Waals surface area (Å²) in [7, 11) is 0. The van der Waals surface area contributed by atoms with Crippen LogP contribution >= 0.6 is 0 Å². The van der Waals surface area contributed by atoms with Gasteiger partial charge in [0.2, 0.25) is 0 Å². The molecule has 0 saturated heterocycles. The Balaban J connectivity index is 4.06. The minimum atomic E-state index is -1.01. The number of rotatable bonds is 4. The van der Waals surface area contributed by atoms with Crippen molar-refractivity contribution in [2.75, 3.05) is 0 Å². The fourth-order valence-corrected chi connectivity index (χ4v) is 0.786. The second-order valence-electron chi connectivity index (χ2n) is 2.12. The SMILES string of the molecule is CCC(=O)C(CC)C(=O)O. The van der Waals surface area contributed by atoms with Crippen LogP contribution in [0.2, 0.25) is 0 Å². The lowest BCUT2D eigenvalue weighted by Gasteiger charge is -2.04. The van der Waals surface area contributed by atoms with Gasteiger partial charge in [-0.25, -0.2) is 0 Å². The highest BCUT2D eigenvalue weighted by Crippen LogP contribution is 2.05. The number of carbonyl (C=O) groups is 2. The van der Waals surface area contributed by atoms with E-state index in [0.29, 0.717) is 12.8 Å². The number of hydrogen-bond donors (Lipinski definition) is 1. The topological polar surface area (TPSA) is 54.4 Å². The minimum absolute atomic E-state index is 0.185. The van der Waals surface area contributed by atoms with Crippen LogP contribution < -0.4 is 0 Å². The fourth-order valence-electron chi connectivity index (χ4n) is 0.786. The van der Waals surface area contributed by atoms with Gasteiger partial charge in [-0.2, -0.15) is 0 Å². The van der Waals surface area contributed by atoms with E-state index in [1.165, 1.54) is 0 Å². The van der Waals surface area contributed by atoms with Gasteiger partial charge >= 0.3 is 5.97 Å². The first-order valence-corrected chi connectivity index (χ1v) is 3.39. The zero-order valence-electron chi connectivity index (χ0n) is 6.26. The Hall–Kier alpha value is -0.860. The van der Waals surface area contributed by atoms with Crippen LogP contribution in [0, 0.1) is 5.92 Å². The van der Waals surface area contributed by atoms with Crippen molar-refractivity contribution < 1.29 is 14.7 Å². The van der Waals surface area contributed by atoms with E-state index in [1.54, 1.807) is 13.8 Å². The largest absolute Gasteiger partial charge is 0.481 e. The summed E-state index contributed by atoms with van der Waals surface area (Å²) in [5, 5.41) is 8.45. The van der Waals surface area contributed by atoms with Gasteiger partial charge in [0.05, 0.1) is 0 Å². The molecule has 0 saturated carbocycles. The van der Waals surface area contributed by atoms with Crippen molar-refractivity contribution in [1.29, 1.82) is 0 Å². The monoisotopic (exact) mass is 144 g/mol. The third kappa shape index (κ3) is 2.17. The molecule has 0 aromatic heterocycles. The Labute approximate surface area is 60.0 Å². The van der Waals surface area contributed by atoms with E-state index < -0.39 is 11.9 Å². The van der Waals surface area contributed by atoms with E-state index in [9.17, 15) is 9.59 Å². The number of Topliss-reactive ketones (excluding diaryl/α,β-unsaturated/α-hetero) is 1. The maximum atomic E-state index is 10.8. The van der Waals surface area contributed by atoms with Gasteiger partial charge in [0.1, 0.15) is 11.7 Å². The second-order valence-corrected chi connectivity index (χ2v) is 2.12. The summed E-state index contributed by atoms with van der Waals surface area (Å²) < 4.78 is 0. The molecule has 1 unspecified atom stereocenters. The van der Waals surface area contributed by atoms with Gasteiger partial charge in [-0.1, -0.05) is 13.8 Å². The average molecular weight is 144 g/mol. The van der Waals surface area contributed by atoms with E-state index >= 15 is 0 Å². The Morgan fingerprint density at radius 2 is 1.90 bits per heavy atom. The predicted octanol–water partition coefficient (Wildman–Crippen LogP) is 1.08. The average Bonchev–Trinajstić information content (AvgIpc) is 1.88. The first-order chi connectivity index (χ1) is 4.63. The van der Waals surface area contributed by atoms with Gasteiger partial charge in [-0.05, 0) is 6.42 Å². The third-order valence-electron chi connectivity index (χ3n) is 1.44. The van der Waals surface area contributed by atoms with Gasteiger partial charge < -0.3 is 5.11 Å². The maximum absolute atomic E-state index is 10.8. The molecule has 3 nitrogen and oxygen atoms in total. The van der Waals surface area contributed by atoms with Gasteiger partial charge in [-0.3, -0.25) is 9.59 Å². The van der Waals surface area contributed by atoms with Crippen molar-refractivity contribution in [2.45, 2.75) is 26.7 Å². The second kappa shape index (κ2) is 4.04. The van der Waals surface area contributed by atoms with Crippen molar-refractivity contribution in [3.05, 3.63) is 0 Å². The first-order valence-electron chi connectivity index (χ1n) is 3.39. The molecule has 3 heteroatoms. The molecule has 0 aromatic carbocycles. The van der Waals surface area contributed by atoms with E-state index in [4.69, 9.17) is 5.11 Å². The molecule has 0 fully saturated rings. The van der Waals surface area contributed by atoms with Crippen molar-refractivity contribution in [2.24, 2.45) is 5.92 Å². The Morgan fingerprint density at radius 3 is 2.00 bits per heavy atom. The van der Waals surface area contributed by atoms with Crippen molar-refractivity contribution in [3.63, 3.8) is 0 Å². The number of hydrogen-bond acceptors (Lipinski definition) is 2. The van der Waals surface area contributed by atoms with Crippen molar-refractivity contribution in [1.82, 2.24) is 0 Å². The molecule has 0 aliphatic heterocycles. The van der Waals surface area contributed by atoms with Crippen LogP contribution in [0.5, 0.6) is 0 Å². The molecule has 0 radical (unpaired) electrons. The molecule has 0 aliphatic carbocycles.